The molecule has 2 fully saturated rings. The van der Waals surface area contributed by atoms with Crippen molar-refractivity contribution < 1.29 is 14.4 Å². The molecule has 3 rings (SSSR count). The fourth-order valence-electron chi connectivity index (χ4n) is 4.01. The van der Waals surface area contributed by atoms with Gasteiger partial charge in [-0.15, -0.1) is 12.4 Å². The molecular formula is C20H29ClN4O3. The van der Waals surface area contributed by atoms with Crippen molar-refractivity contribution in [3.63, 3.8) is 0 Å². The van der Waals surface area contributed by atoms with Crippen LogP contribution >= 0.6 is 12.4 Å². The highest BCUT2D eigenvalue weighted by molar-refractivity contribution is 6.10. The Kier molecular flexibility index (Phi) is 7.43. The van der Waals surface area contributed by atoms with Crippen LogP contribution in [-0.4, -0.2) is 41.4 Å². The van der Waals surface area contributed by atoms with Crippen molar-refractivity contribution in [2.24, 2.45) is 5.92 Å². The van der Waals surface area contributed by atoms with Crippen LogP contribution in [0.15, 0.2) is 24.3 Å². The number of anilines is 1. The number of carbonyl (C=O) groups is 3. The van der Waals surface area contributed by atoms with Crippen LogP contribution in [0.4, 0.5) is 10.5 Å². The maximum absolute atomic E-state index is 12.9. The Morgan fingerprint density at radius 2 is 2.11 bits per heavy atom. The fraction of sp³-hybridized carbons (Fsp3) is 0.550. The SMILES string of the molecule is CCNCc1cccc(NC(=O)CN2C(=O)NC3(CCCCC3C)C2=O)c1.Cl. The number of nitrogens with zero attached hydrogens (tertiary/aromatic N) is 1. The minimum Gasteiger partial charge on any atom is -0.325 e. The van der Waals surface area contributed by atoms with Crippen LogP contribution in [0, 0.1) is 5.92 Å². The van der Waals surface area contributed by atoms with E-state index >= 15 is 0 Å². The molecule has 8 heteroatoms. The molecule has 2 aliphatic rings. The lowest BCUT2D eigenvalue weighted by Gasteiger charge is -2.36. The molecule has 1 aromatic rings. The largest absolute Gasteiger partial charge is 0.325 e. The number of amides is 4. The van der Waals surface area contributed by atoms with Gasteiger partial charge in [0.05, 0.1) is 0 Å². The molecular weight excluding hydrogens is 380 g/mol. The number of urea groups is 1. The van der Waals surface area contributed by atoms with Crippen molar-refractivity contribution in [1.29, 1.82) is 0 Å². The van der Waals surface area contributed by atoms with Gasteiger partial charge in [0.15, 0.2) is 0 Å². The first-order chi connectivity index (χ1) is 13.0. The number of nitrogens with one attached hydrogen (secondary N) is 3. The predicted molar refractivity (Wildman–Crippen MR) is 110 cm³/mol. The monoisotopic (exact) mass is 408 g/mol. The summed E-state index contributed by atoms with van der Waals surface area (Å²) in [7, 11) is 0. The molecule has 154 valence electrons. The number of hydrogen-bond donors (Lipinski definition) is 3. The van der Waals surface area contributed by atoms with Gasteiger partial charge in [-0.05, 0) is 43.0 Å². The number of rotatable bonds is 6. The first-order valence-corrected chi connectivity index (χ1v) is 9.70. The van der Waals surface area contributed by atoms with Crippen LogP contribution in [0.5, 0.6) is 0 Å². The maximum atomic E-state index is 12.9. The molecule has 1 heterocycles. The second-order valence-electron chi connectivity index (χ2n) is 7.47. The highest BCUT2D eigenvalue weighted by Crippen LogP contribution is 2.38. The summed E-state index contributed by atoms with van der Waals surface area (Å²) in [5.74, 6) is -0.561. The Labute approximate surface area is 172 Å². The lowest BCUT2D eigenvalue weighted by atomic mass is 9.73. The summed E-state index contributed by atoms with van der Waals surface area (Å²) in [5.41, 5.74) is 0.879. The molecule has 4 amide bonds. The summed E-state index contributed by atoms with van der Waals surface area (Å²) >= 11 is 0. The molecule has 1 spiro atoms. The van der Waals surface area contributed by atoms with Gasteiger partial charge in [0.2, 0.25) is 5.91 Å². The number of benzene rings is 1. The Bertz CT molecular complexity index is 742. The van der Waals surface area contributed by atoms with E-state index in [4.69, 9.17) is 0 Å². The molecule has 0 bridgehead atoms. The van der Waals surface area contributed by atoms with E-state index in [-0.39, 0.29) is 36.7 Å². The maximum Gasteiger partial charge on any atom is 0.325 e. The van der Waals surface area contributed by atoms with Crippen molar-refractivity contribution in [3.8, 4) is 0 Å². The average molecular weight is 409 g/mol. The molecule has 2 atom stereocenters. The van der Waals surface area contributed by atoms with Gasteiger partial charge in [-0.3, -0.25) is 14.5 Å². The standard InChI is InChI=1S/C20H28N4O3.ClH/c1-3-21-12-15-8-6-9-16(11-15)22-17(25)13-24-18(26)20(23-19(24)27)10-5-4-7-14(20)2;/h6,8-9,11,14,21H,3-5,7,10,12-13H2,1-2H3,(H,22,25)(H,23,27);1H. The van der Waals surface area contributed by atoms with Crippen LogP contribution < -0.4 is 16.0 Å². The van der Waals surface area contributed by atoms with Gasteiger partial charge in [-0.25, -0.2) is 4.79 Å². The Morgan fingerprint density at radius 3 is 2.82 bits per heavy atom. The first-order valence-electron chi connectivity index (χ1n) is 9.70. The molecule has 1 aliphatic heterocycles. The summed E-state index contributed by atoms with van der Waals surface area (Å²) in [6.45, 7) is 5.34. The van der Waals surface area contributed by atoms with Crippen LogP contribution in [-0.2, 0) is 16.1 Å². The predicted octanol–water partition coefficient (Wildman–Crippen LogP) is 2.66. The van der Waals surface area contributed by atoms with Crippen molar-refractivity contribution in [1.82, 2.24) is 15.5 Å². The van der Waals surface area contributed by atoms with E-state index in [0.717, 1.165) is 36.3 Å². The summed E-state index contributed by atoms with van der Waals surface area (Å²) in [5, 5.41) is 8.89. The van der Waals surface area contributed by atoms with E-state index in [2.05, 4.69) is 16.0 Å². The first kappa shape index (κ1) is 22.2. The van der Waals surface area contributed by atoms with Crippen LogP contribution in [0.25, 0.3) is 0 Å². The highest BCUT2D eigenvalue weighted by Gasteiger charge is 2.55. The minimum absolute atomic E-state index is 0. The molecule has 0 radical (unpaired) electrons. The molecule has 0 aromatic heterocycles. The van der Waals surface area contributed by atoms with Crippen molar-refractivity contribution >= 4 is 35.9 Å². The summed E-state index contributed by atoms with van der Waals surface area (Å²) in [6, 6.07) is 7.06. The quantitative estimate of drug-likeness (QED) is 0.631. The Balaban J connectivity index is 0.00000280. The summed E-state index contributed by atoms with van der Waals surface area (Å²) in [6.07, 6.45) is 3.53. The molecule has 1 saturated carbocycles. The molecule has 3 N–H and O–H groups in total. The molecule has 1 aromatic carbocycles. The molecule has 1 saturated heterocycles. The Morgan fingerprint density at radius 1 is 1.32 bits per heavy atom. The van der Waals surface area contributed by atoms with Crippen molar-refractivity contribution in [2.45, 2.75) is 51.6 Å². The average Bonchev–Trinajstić information content (AvgIpc) is 2.88. The number of hydrogen-bond acceptors (Lipinski definition) is 4. The number of halogens is 1. The van der Waals surface area contributed by atoms with E-state index in [1.54, 1.807) is 6.07 Å². The number of imide groups is 1. The second kappa shape index (κ2) is 9.39. The van der Waals surface area contributed by atoms with E-state index in [9.17, 15) is 14.4 Å². The molecule has 1 aliphatic carbocycles. The zero-order valence-electron chi connectivity index (χ0n) is 16.4. The zero-order chi connectivity index (χ0) is 19.4. The lowest BCUT2D eigenvalue weighted by Crippen LogP contribution is -2.54. The topological polar surface area (TPSA) is 90.5 Å². The van der Waals surface area contributed by atoms with Crippen LogP contribution in [0.1, 0.15) is 45.1 Å². The summed E-state index contributed by atoms with van der Waals surface area (Å²) < 4.78 is 0. The minimum atomic E-state index is -0.832. The molecule has 7 nitrogen and oxygen atoms in total. The van der Waals surface area contributed by atoms with Crippen LogP contribution in [0.2, 0.25) is 0 Å². The smallest absolute Gasteiger partial charge is 0.325 e. The highest BCUT2D eigenvalue weighted by atomic mass is 35.5. The number of carbonyl (C=O) groups excluding carboxylic acids is 3. The lowest BCUT2D eigenvalue weighted by molar-refractivity contribution is -0.136. The van der Waals surface area contributed by atoms with Gasteiger partial charge >= 0.3 is 6.03 Å². The Hall–Kier alpha value is -2.12. The van der Waals surface area contributed by atoms with E-state index in [0.29, 0.717) is 18.7 Å². The van der Waals surface area contributed by atoms with Gasteiger partial charge < -0.3 is 16.0 Å². The second-order valence-corrected chi connectivity index (χ2v) is 7.47. The van der Waals surface area contributed by atoms with Crippen LogP contribution in [0.3, 0.4) is 0 Å². The van der Waals surface area contributed by atoms with E-state index in [1.165, 1.54) is 0 Å². The zero-order valence-corrected chi connectivity index (χ0v) is 17.2. The third kappa shape index (κ3) is 4.47. The van der Waals surface area contributed by atoms with Gasteiger partial charge in [-0.2, -0.15) is 0 Å². The van der Waals surface area contributed by atoms with Gasteiger partial charge in [0.25, 0.3) is 5.91 Å². The van der Waals surface area contributed by atoms with E-state index in [1.807, 2.05) is 32.0 Å². The molecule has 28 heavy (non-hydrogen) atoms. The fourth-order valence-corrected chi connectivity index (χ4v) is 4.01. The molecule has 2 unspecified atom stereocenters. The normalized spacial score (nSPS) is 24.1. The third-order valence-electron chi connectivity index (χ3n) is 5.59. The van der Waals surface area contributed by atoms with Gasteiger partial charge in [0, 0.05) is 12.2 Å². The summed E-state index contributed by atoms with van der Waals surface area (Å²) in [4.78, 5) is 38.8. The van der Waals surface area contributed by atoms with Gasteiger partial charge in [-0.1, -0.05) is 38.8 Å². The van der Waals surface area contributed by atoms with Gasteiger partial charge in [0.1, 0.15) is 12.1 Å². The van der Waals surface area contributed by atoms with Crippen molar-refractivity contribution in [2.75, 3.05) is 18.4 Å². The third-order valence-corrected chi connectivity index (χ3v) is 5.59. The van der Waals surface area contributed by atoms with Crippen molar-refractivity contribution in [3.05, 3.63) is 29.8 Å². The van der Waals surface area contributed by atoms with E-state index < -0.39 is 11.6 Å².